The summed E-state index contributed by atoms with van der Waals surface area (Å²) in [5, 5.41) is 0. The first kappa shape index (κ1) is 10.6. The van der Waals surface area contributed by atoms with Crippen molar-refractivity contribution < 1.29 is 4.39 Å². The van der Waals surface area contributed by atoms with E-state index in [0.717, 1.165) is 16.7 Å². The SMILES string of the molecule is C=C(C)c1ccc(-c2ccccc2)c(F)c1. The third-order valence-corrected chi connectivity index (χ3v) is 2.55. The van der Waals surface area contributed by atoms with Crippen LogP contribution in [0.3, 0.4) is 0 Å². The van der Waals surface area contributed by atoms with Gasteiger partial charge in [-0.2, -0.15) is 0 Å². The molecule has 0 saturated heterocycles. The summed E-state index contributed by atoms with van der Waals surface area (Å²) in [4.78, 5) is 0. The summed E-state index contributed by atoms with van der Waals surface area (Å²) in [7, 11) is 0. The van der Waals surface area contributed by atoms with Gasteiger partial charge in [0.15, 0.2) is 0 Å². The van der Waals surface area contributed by atoms with Crippen molar-refractivity contribution in [1.29, 1.82) is 0 Å². The highest BCUT2D eigenvalue weighted by molar-refractivity contribution is 5.69. The van der Waals surface area contributed by atoms with E-state index < -0.39 is 0 Å². The number of rotatable bonds is 2. The molecular formula is C15H13F. The Kier molecular flexibility index (Phi) is 2.86. The molecule has 0 N–H and O–H groups in total. The van der Waals surface area contributed by atoms with Crippen LogP contribution in [0, 0.1) is 5.82 Å². The van der Waals surface area contributed by atoms with E-state index in [1.807, 2.05) is 43.3 Å². The Labute approximate surface area is 95.1 Å². The molecule has 0 heterocycles. The molecule has 0 spiro atoms. The van der Waals surface area contributed by atoms with Crippen molar-refractivity contribution in [3.63, 3.8) is 0 Å². The van der Waals surface area contributed by atoms with Crippen LogP contribution in [0.4, 0.5) is 4.39 Å². The lowest BCUT2D eigenvalue weighted by molar-refractivity contribution is 0.631. The molecule has 0 radical (unpaired) electrons. The van der Waals surface area contributed by atoms with Crippen LogP contribution < -0.4 is 0 Å². The zero-order valence-corrected chi connectivity index (χ0v) is 9.20. The van der Waals surface area contributed by atoms with Crippen LogP contribution in [-0.2, 0) is 0 Å². The highest BCUT2D eigenvalue weighted by Gasteiger charge is 2.05. The molecule has 1 heteroatoms. The zero-order valence-electron chi connectivity index (χ0n) is 9.20. The third kappa shape index (κ3) is 2.03. The van der Waals surface area contributed by atoms with Crippen LogP contribution in [0.5, 0.6) is 0 Å². The smallest absolute Gasteiger partial charge is 0.131 e. The van der Waals surface area contributed by atoms with Crippen molar-refractivity contribution >= 4 is 5.57 Å². The molecule has 80 valence electrons. The van der Waals surface area contributed by atoms with E-state index in [9.17, 15) is 4.39 Å². The van der Waals surface area contributed by atoms with Gasteiger partial charge in [0.1, 0.15) is 5.82 Å². The van der Waals surface area contributed by atoms with Gasteiger partial charge in [0.25, 0.3) is 0 Å². The first-order chi connectivity index (χ1) is 7.68. The predicted molar refractivity (Wildman–Crippen MR) is 66.5 cm³/mol. The maximum atomic E-state index is 13.9. The quantitative estimate of drug-likeness (QED) is 0.686. The number of allylic oxidation sites excluding steroid dienone is 1. The first-order valence-electron chi connectivity index (χ1n) is 5.19. The van der Waals surface area contributed by atoms with Gasteiger partial charge in [-0.25, -0.2) is 4.39 Å². The summed E-state index contributed by atoms with van der Waals surface area (Å²) in [5.41, 5.74) is 3.24. The average molecular weight is 212 g/mol. The molecule has 0 amide bonds. The summed E-state index contributed by atoms with van der Waals surface area (Å²) >= 11 is 0. The molecule has 0 unspecified atom stereocenters. The zero-order chi connectivity index (χ0) is 11.5. The molecule has 16 heavy (non-hydrogen) atoms. The van der Waals surface area contributed by atoms with Crippen LogP contribution in [0.25, 0.3) is 16.7 Å². The molecule has 0 bridgehead atoms. The van der Waals surface area contributed by atoms with E-state index in [0.29, 0.717) is 5.56 Å². The number of halogens is 1. The van der Waals surface area contributed by atoms with Gasteiger partial charge in [0, 0.05) is 5.56 Å². The molecule has 0 fully saturated rings. The van der Waals surface area contributed by atoms with Crippen LogP contribution in [0.15, 0.2) is 55.1 Å². The highest BCUT2D eigenvalue weighted by atomic mass is 19.1. The molecule has 0 aliphatic rings. The van der Waals surface area contributed by atoms with Gasteiger partial charge in [-0.3, -0.25) is 0 Å². The molecule has 0 saturated carbocycles. The maximum absolute atomic E-state index is 13.9. The van der Waals surface area contributed by atoms with E-state index in [1.54, 1.807) is 6.07 Å². The van der Waals surface area contributed by atoms with E-state index >= 15 is 0 Å². The Bertz CT molecular complexity index is 512. The summed E-state index contributed by atoms with van der Waals surface area (Å²) in [5.74, 6) is -0.202. The molecule has 0 aromatic heterocycles. The van der Waals surface area contributed by atoms with Crippen molar-refractivity contribution in [3.8, 4) is 11.1 Å². The van der Waals surface area contributed by atoms with Crippen LogP contribution >= 0.6 is 0 Å². The Balaban J connectivity index is 2.48. The van der Waals surface area contributed by atoms with E-state index in [4.69, 9.17) is 0 Å². The molecule has 2 aromatic carbocycles. The average Bonchev–Trinajstić information content (AvgIpc) is 2.30. The Morgan fingerprint density at radius 1 is 1.06 bits per heavy atom. The van der Waals surface area contributed by atoms with Crippen LogP contribution in [-0.4, -0.2) is 0 Å². The molecule has 2 rings (SSSR count). The Morgan fingerprint density at radius 2 is 1.75 bits per heavy atom. The third-order valence-electron chi connectivity index (χ3n) is 2.55. The lowest BCUT2D eigenvalue weighted by Gasteiger charge is -2.06. The maximum Gasteiger partial charge on any atom is 0.131 e. The van der Waals surface area contributed by atoms with Gasteiger partial charge in [0.2, 0.25) is 0 Å². The topological polar surface area (TPSA) is 0 Å². The van der Waals surface area contributed by atoms with Crippen molar-refractivity contribution in [2.45, 2.75) is 6.92 Å². The lowest BCUT2D eigenvalue weighted by atomic mass is 10.0. The molecule has 0 aliphatic heterocycles. The fraction of sp³-hybridized carbons (Fsp3) is 0.0667. The van der Waals surface area contributed by atoms with Gasteiger partial charge < -0.3 is 0 Å². The minimum absolute atomic E-state index is 0.202. The molecule has 0 atom stereocenters. The van der Waals surface area contributed by atoms with Gasteiger partial charge >= 0.3 is 0 Å². The van der Waals surface area contributed by atoms with Crippen molar-refractivity contribution in [2.24, 2.45) is 0 Å². The number of benzene rings is 2. The minimum atomic E-state index is -0.202. The second-order valence-electron chi connectivity index (χ2n) is 3.84. The second kappa shape index (κ2) is 4.31. The van der Waals surface area contributed by atoms with Gasteiger partial charge in [-0.15, -0.1) is 0 Å². The lowest BCUT2D eigenvalue weighted by Crippen LogP contribution is -1.87. The standard InChI is InChI=1S/C15H13F/c1-11(2)13-8-9-14(15(16)10-13)12-6-4-3-5-7-12/h3-10H,1H2,2H3. The Hall–Kier alpha value is -1.89. The monoisotopic (exact) mass is 212 g/mol. The Morgan fingerprint density at radius 3 is 2.31 bits per heavy atom. The van der Waals surface area contributed by atoms with Crippen molar-refractivity contribution in [2.75, 3.05) is 0 Å². The minimum Gasteiger partial charge on any atom is -0.206 e. The van der Waals surface area contributed by atoms with E-state index in [-0.39, 0.29) is 5.82 Å². The predicted octanol–water partition coefficient (Wildman–Crippen LogP) is 4.53. The van der Waals surface area contributed by atoms with E-state index in [1.165, 1.54) is 6.07 Å². The van der Waals surface area contributed by atoms with Crippen LogP contribution in [0.1, 0.15) is 12.5 Å². The summed E-state index contributed by atoms with van der Waals surface area (Å²) < 4.78 is 13.9. The largest absolute Gasteiger partial charge is 0.206 e. The van der Waals surface area contributed by atoms with Gasteiger partial charge in [-0.05, 0) is 24.1 Å². The number of hydrogen-bond donors (Lipinski definition) is 0. The second-order valence-corrected chi connectivity index (χ2v) is 3.84. The normalized spacial score (nSPS) is 10.1. The summed E-state index contributed by atoms with van der Waals surface area (Å²) in [6, 6.07) is 14.8. The first-order valence-corrected chi connectivity index (χ1v) is 5.19. The highest BCUT2D eigenvalue weighted by Crippen LogP contribution is 2.25. The number of hydrogen-bond acceptors (Lipinski definition) is 0. The summed E-state index contributed by atoms with van der Waals surface area (Å²) in [6.07, 6.45) is 0. The fourth-order valence-corrected chi connectivity index (χ4v) is 1.63. The molecular weight excluding hydrogens is 199 g/mol. The van der Waals surface area contributed by atoms with Crippen LogP contribution in [0.2, 0.25) is 0 Å². The molecule has 0 nitrogen and oxygen atoms in total. The van der Waals surface area contributed by atoms with Crippen molar-refractivity contribution in [1.82, 2.24) is 0 Å². The molecule has 2 aromatic rings. The van der Waals surface area contributed by atoms with Gasteiger partial charge in [0.05, 0.1) is 0 Å². The van der Waals surface area contributed by atoms with Gasteiger partial charge in [-0.1, -0.05) is 54.6 Å². The molecule has 0 aliphatic carbocycles. The van der Waals surface area contributed by atoms with E-state index in [2.05, 4.69) is 6.58 Å². The fourth-order valence-electron chi connectivity index (χ4n) is 1.63. The summed E-state index contributed by atoms with van der Waals surface area (Å²) in [6.45, 7) is 5.67. The van der Waals surface area contributed by atoms with Crippen molar-refractivity contribution in [3.05, 3.63) is 66.5 Å².